The van der Waals surface area contributed by atoms with Crippen LogP contribution >= 0.6 is 0 Å². The number of carboxylic acid groups (broad SMARTS) is 1. The molecule has 1 aliphatic rings. The minimum Gasteiger partial charge on any atom is -0.481 e. The van der Waals surface area contributed by atoms with E-state index >= 15 is 0 Å². The van der Waals surface area contributed by atoms with Gasteiger partial charge in [0.15, 0.2) is 0 Å². The van der Waals surface area contributed by atoms with Gasteiger partial charge < -0.3 is 24.2 Å². The Balaban J connectivity index is 2.21. The summed E-state index contributed by atoms with van der Waals surface area (Å²) in [5.74, 6) is -0.567. The second kappa shape index (κ2) is 7.43. The smallest absolute Gasteiger partial charge is 0.481 e. The molecule has 24 heavy (non-hydrogen) atoms. The lowest BCUT2D eigenvalue weighted by molar-refractivity contribution is -0.136. The van der Waals surface area contributed by atoms with Crippen molar-refractivity contribution in [1.82, 2.24) is 9.97 Å². The zero-order valence-corrected chi connectivity index (χ0v) is 13.9. The Bertz CT molecular complexity index is 608. The average Bonchev–Trinajstić information content (AvgIpc) is 2.45. The van der Waals surface area contributed by atoms with Crippen LogP contribution < -0.4 is 9.64 Å². The van der Waals surface area contributed by atoms with E-state index in [0.717, 1.165) is 0 Å². The largest absolute Gasteiger partial charge is 0.515 e. The van der Waals surface area contributed by atoms with E-state index in [1.54, 1.807) is 20.8 Å². The second-order valence-electron chi connectivity index (χ2n) is 6.22. The van der Waals surface area contributed by atoms with Crippen molar-refractivity contribution >= 4 is 17.9 Å². The molecule has 0 amide bonds. The van der Waals surface area contributed by atoms with Crippen LogP contribution in [-0.4, -0.2) is 59.1 Å². The molecule has 0 radical (unpaired) electrons. The molecule has 0 bridgehead atoms. The van der Waals surface area contributed by atoms with Crippen molar-refractivity contribution in [1.29, 1.82) is 0 Å². The van der Waals surface area contributed by atoms with Crippen molar-refractivity contribution in [3.63, 3.8) is 0 Å². The fourth-order valence-corrected chi connectivity index (χ4v) is 2.04. The molecule has 1 aliphatic heterocycles. The number of hydrogen-bond acceptors (Lipinski definition) is 8. The van der Waals surface area contributed by atoms with Crippen LogP contribution in [0.3, 0.4) is 0 Å². The highest BCUT2D eigenvalue weighted by Gasteiger charge is 2.21. The van der Waals surface area contributed by atoms with E-state index in [-0.39, 0.29) is 18.1 Å². The number of anilines is 1. The van der Waals surface area contributed by atoms with E-state index in [9.17, 15) is 9.59 Å². The van der Waals surface area contributed by atoms with E-state index in [0.29, 0.717) is 32.1 Å². The standard InChI is InChI=1S/C15H21N3O6/c1-15(2,3)24-14(21)23-12-9-11(18-4-6-22-7-5-18)16-10(17-12)8-13(19)20/h9H,4-8H2,1-3H3,(H,19,20). The number of morpholine rings is 1. The number of carbonyl (C=O) groups excluding carboxylic acids is 1. The predicted octanol–water partition coefficient (Wildman–Crippen LogP) is 1.25. The van der Waals surface area contributed by atoms with E-state index in [1.807, 2.05) is 4.90 Å². The van der Waals surface area contributed by atoms with Crippen LogP contribution in [0.2, 0.25) is 0 Å². The monoisotopic (exact) mass is 339 g/mol. The summed E-state index contributed by atoms with van der Waals surface area (Å²) < 4.78 is 15.4. The van der Waals surface area contributed by atoms with Crippen molar-refractivity contribution in [2.24, 2.45) is 0 Å². The molecule has 1 fully saturated rings. The third-order valence-corrected chi connectivity index (χ3v) is 2.96. The van der Waals surface area contributed by atoms with Crippen molar-refractivity contribution in [3.8, 4) is 5.88 Å². The molecule has 9 nitrogen and oxygen atoms in total. The Hall–Kier alpha value is -2.42. The van der Waals surface area contributed by atoms with Gasteiger partial charge >= 0.3 is 12.1 Å². The summed E-state index contributed by atoms with van der Waals surface area (Å²) in [6, 6.07) is 1.49. The van der Waals surface area contributed by atoms with E-state index in [2.05, 4.69) is 9.97 Å². The Morgan fingerprint density at radius 1 is 1.29 bits per heavy atom. The van der Waals surface area contributed by atoms with Gasteiger partial charge in [0.25, 0.3) is 0 Å². The Kier molecular flexibility index (Phi) is 5.55. The summed E-state index contributed by atoms with van der Waals surface area (Å²) in [4.78, 5) is 32.8. The molecule has 132 valence electrons. The van der Waals surface area contributed by atoms with Gasteiger partial charge in [-0.2, -0.15) is 4.98 Å². The maximum absolute atomic E-state index is 11.8. The molecule has 0 atom stereocenters. The maximum Gasteiger partial charge on any atom is 0.515 e. The molecule has 2 rings (SSSR count). The molecule has 9 heteroatoms. The summed E-state index contributed by atoms with van der Waals surface area (Å²) in [6.45, 7) is 7.43. The highest BCUT2D eigenvalue weighted by Crippen LogP contribution is 2.20. The summed E-state index contributed by atoms with van der Waals surface area (Å²) in [7, 11) is 0. The van der Waals surface area contributed by atoms with Gasteiger partial charge in [0.1, 0.15) is 23.7 Å². The molecule has 0 spiro atoms. The Morgan fingerprint density at radius 2 is 1.96 bits per heavy atom. The van der Waals surface area contributed by atoms with Crippen LogP contribution in [-0.2, 0) is 20.7 Å². The lowest BCUT2D eigenvalue weighted by atomic mass is 10.2. The highest BCUT2D eigenvalue weighted by atomic mass is 16.7. The maximum atomic E-state index is 11.8. The van der Waals surface area contributed by atoms with Crippen LogP contribution in [0.25, 0.3) is 0 Å². The molecule has 1 saturated heterocycles. The fraction of sp³-hybridized carbons (Fsp3) is 0.600. The molecular formula is C15H21N3O6. The van der Waals surface area contributed by atoms with Crippen molar-refractivity contribution in [2.75, 3.05) is 31.2 Å². The minimum atomic E-state index is -1.07. The SMILES string of the molecule is CC(C)(C)OC(=O)Oc1cc(N2CCOCC2)nc(CC(=O)O)n1. The first kappa shape index (κ1) is 17.9. The van der Waals surface area contributed by atoms with Gasteiger partial charge in [-0.25, -0.2) is 9.78 Å². The minimum absolute atomic E-state index is 0.0445. The van der Waals surface area contributed by atoms with Crippen molar-refractivity contribution in [3.05, 3.63) is 11.9 Å². The molecule has 0 aromatic carbocycles. The first-order chi connectivity index (χ1) is 11.2. The first-order valence-corrected chi connectivity index (χ1v) is 7.56. The topological polar surface area (TPSA) is 111 Å². The molecule has 1 aromatic rings. The second-order valence-corrected chi connectivity index (χ2v) is 6.22. The number of hydrogen-bond donors (Lipinski definition) is 1. The van der Waals surface area contributed by atoms with Crippen LogP contribution in [0.15, 0.2) is 6.07 Å². The molecule has 0 aliphatic carbocycles. The zero-order valence-electron chi connectivity index (χ0n) is 13.9. The van der Waals surface area contributed by atoms with E-state index in [1.165, 1.54) is 6.07 Å². The molecule has 0 saturated carbocycles. The Labute approximate surface area is 139 Å². The van der Waals surface area contributed by atoms with Gasteiger partial charge in [-0.3, -0.25) is 4.79 Å². The zero-order chi connectivity index (χ0) is 17.7. The van der Waals surface area contributed by atoms with Gasteiger partial charge in [-0.05, 0) is 20.8 Å². The van der Waals surface area contributed by atoms with Crippen LogP contribution in [0.4, 0.5) is 10.6 Å². The van der Waals surface area contributed by atoms with Crippen LogP contribution in [0, 0.1) is 0 Å². The number of aliphatic carboxylic acids is 1. The molecule has 1 N–H and O–H groups in total. The third kappa shape index (κ3) is 5.65. The number of ether oxygens (including phenoxy) is 3. The van der Waals surface area contributed by atoms with Gasteiger partial charge in [0.05, 0.1) is 13.2 Å². The summed E-state index contributed by atoms with van der Waals surface area (Å²) in [5, 5.41) is 8.95. The number of rotatable bonds is 4. The molecule has 0 unspecified atom stereocenters. The first-order valence-electron chi connectivity index (χ1n) is 7.56. The quantitative estimate of drug-likeness (QED) is 0.810. The summed E-state index contributed by atoms with van der Waals surface area (Å²) in [6.07, 6.45) is -1.28. The van der Waals surface area contributed by atoms with Crippen LogP contribution in [0.1, 0.15) is 26.6 Å². The summed E-state index contributed by atoms with van der Waals surface area (Å²) in [5.41, 5.74) is -0.707. The number of carboxylic acids is 1. The Morgan fingerprint density at radius 3 is 2.54 bits per heavy atom. The number of aromatic nitrogens is 2. The molecule has 2 heterocycles. The van der Waals surface area contributed by atoms with Gasteiger partial charge in [0, 0.05) is 19.2 Å². The number of nitrogens with zero attached hydrogens (tertiary/aromatic N) is 3. The number of carbonyl (C=O) groups is 2. The highest BCUT2D eigenvalue weighted by molar-refractivity contribution is 5.69. The van der Waals surface area contributed by atoms with Gasteiger partial charge in [0.2, 0.25) is 5.88 Å². The molecule has 1 aromatic heterocycles. The average molecular weight is 339 g/mol. The predicted molar refractivity (Wildman–Crippen MR) is 83.3 cm³/mol. The normalized spacial score (nSPS) is 15.0. The fourth-order valence-electron chi connectivity index (χ4n) is 2.04. The lowest BCUT2D eigenvalue weighted by Crippen LogP contribution is -2.37. The van der Waals surface area contributed by atoms with Crippen molar-refractivity contribution < 1.29 is 28.9 Å². The van der Waals surface area contributed by atoms with Crippen LogP contribution in [0.5, 0.6) is 5.88 Å². The lowest BCUT2D eigenvalue weighted by Gasteiger charge is -2.28. The molecular weight excluding hydrogens is 318 g/mol. The van der Waals surface area contributed by atoms with E-state index < -0.39 is 17.7 Å². The third-order valence-electron chi connectivity index (χ3n) is 2.96. The van der Waals surface area contributed by atoms with E-state index in [4.69, 9.17) is 19.3 Å². The van der Waals surface area contributed by atoms with Crippen molar-refractivity contribution in [2.45, 2.75) is 32.8 Å². The van der Waals surface area contributed by atoms with Gasteiger partial charge in [-0.1, -0.05) is 0 Å². The van der Waals surface area contributed by atoms with Gasteiger partial charge in [-0.15, -0.1) is 0 Å². The summed E-state index contributed by atoms with van der Waals surface area (Å²) >= 11 is 0.